The van der Waals surface area contributed by atoms with Crippen LogP contribution >= 0.6 is 27.7 Å². The van der Waals surface area contributed by atoms with Gasteiger partial charge in [0, 0.05) is 15.1 Å². The van der Waals surface area contributed by atoms with Crippen LogP contribution in [0.25, 0.3) is 0 Å². The van der Waals surface area contributed by atoms with Crippen molar-refractivity contribution in [2.75, 3.05) is 0 Å². The van der Waals surface area contributed by atoms with Crippen LogP contribution in [0.1, 0.15) is 16.2 Å². The van der Waals surface area contributed by atoms with Crippen molar-refractivity contribution in [1.29, 1.82) is 0 Å². The fourth-order valence-electron chi connectivity index (χ4n) is 1.39. The smallest absolute Gasteiger partial charge is 0.354 e. The van der Waals surface area contributed by atoms with Crippen LogP contribution in [0.5, 0.6) is 0 Å². The number of carboxylic acids is 1. The van der Waals surface area contributed by atoms with Crippen LogP contribution in [0.15, 0.2) is 51.8 Å². The average molecular weight is 324 g/mol. The lowest BCUT2D eigenvalue weighted by Crippen LogP contribution is -2.01. The van der Waals surface area contributed by atoms with Gasteiger partial charge in [-0.05, 0) is 30.3 Å². The quantitative estimate of drug-likeness (QED) is 0.868. The first-order chi connectivity index (χ1) is 8.65. The second-order valence-corrected chi connectivity index (χ2v) is 5.53. The second kappa shape index (κ2) is 6.02. The number of benzene rings is 1. The van der Waals surface area contributed by atoms with Crippen LogP contribution in [0, 0.1) is 0 Å². The van der Waals surface area contributed by atoms with E-state index in [2.05, 4.69) is 20.9 Å². The molecular weight excluding hydrogens is 314 g/mol. The lowest BCUT2D eigenvalue weighted by Gasteiger charge is -2.03. The van der Waals surface area contributed by atoms with Gasteiger partial charge < -0.3 is 5.11 Å². The van der Waals surface area contributed by atoms with Gasteiger partial charge in [0.2, 0.25) is 0 Å². The molecule has 0 bridgehead atoms. The minimum absolute atomic E-state index is 0.0855. The van der Waals surface area contributed by atoms with E-state index < -0.39 is 5.97 Å². The van der Waals surface area contributed by atoms with Crippen molar-refractivity contribution in [2.24, 2.45) is 0 Å². The minimum atomic E-state index is -0.996. The van der Waals surface area contributed by atoms with E-state index in [-0.39, 0.29) is 5.69 Å². The standard InChI is InChI=1S/C13H10BrNO2S/c14-9-3-1-5-11(7-9)18-8-10-4-2-6-12(15-10)13(16)17/h1-7H,8H2,(H,16,17). The molecule has 92 valence electrons. The number of hydrogen-bond donors (Lipinski definition) is 1. The number of halogens is 1. The molecule has 0 atom stereocenters. The third kappa shape index (κ3) is 3.58. The Hall–Kier alpha value is -1.33. The summed E-state index contributed by atoms with van der Waals surface area (Å²) in [5.74, 6) is -0.346. The van der Waals surface area contributed by atoms with Crippen LogP contribution in [0.2, 0.25) is 0 Å². The van der Waals surface area contributed by atoms with Crippen LogP contribution in [0.3, 0.4) is 0 Å². The molecule has 0 unspecified atom stereocenters. The van der Waals surface area contributed by atoms with Crippen molar-refractivity contribution in [3.8, 4) is 0 Å². The lowest BCUT2D eigenvalue weighted by atomic mass is 10.3. The Labute approximate surface area is 117 Å². The number of hydrogen-bond acceptors (Lipinski definition) is 3. The zero-order valence-corrected chi connectivity index (χ0v) is 11.7. The number of aromatic nitrogens is 1. The molecule has 1 aromatic heterocycles. The molecule has 0 radical (unpaired) electrons. The van der Waals surface area contributed by atoms with Crippen molar-refractivity contribution in [3.05, 3.63) is 58.3 Å². The van der Waals surface area contributed by atoms with E-state index in [4.69, 9.17) is 5.11 Å². The largest absolute Gasteiger partial charge is 0.477 e. The summed E-state index contributed by atoms with van der Waals surface area (Å²) < 4.78 is 1.03. The van der Waals surface area contributed by atoms with Crippen molar-refractivity contribution in [3.63, 3.8) is 0 Å². The number of aromatic carboxylic acids is 1. The maximum Gasteiger partial charge on any atom is 0.354 e. The van der Waals surface area contributed by atoms with E-state index >= 15 is 0 Å². The summed E-state index contributed by atoms with van der Waals surface area (Å²) in [6, 6.07) is 13.0. The van der Waals surface area contributed by atoms with Crippen molar-refractivity contribution >= 4 is 33.7 Å². The number of nitrogens with zero attached hydrogens (tertiary/aromatic N) is 1. The maximum atomic E-state index is 10.8. The summed E-state index contributed by atoms with van der Waals surface area (Å²) in [5, 5.41) is 8.86. The molecule has 1 heterocycles. The molecule has 0 aliphatic carbocycles. The predicted octanol–water partition coefficient (Wildman–Crippen LogP) is 3.83. The summed E-state index contributed by atoms with van der Waals surface area (Å²) in [5.41, 5.74) is 0.849. The zero-order valence-electron chi connectivity index (χ0n) is 9.34. The van der Waals surface area contributed by atoms with Gasteiger partial charge in [-0.3, -0.25) is 0 Å². The van der Waals surface area contributed by atoms with Gasteiger partial charge in [-0.25, -0.2) is 9.78 Å². The second-order valence-electron chi connectivity index (χ2n) is 3.57. The van der Waals surface area contributed by atoms with E-state index in [0.717, 1.165) is 15.1 Å². The molecule has 18 heavy (non-hydrogen) atoms. The highest BCUT2D eigenvalue weighted by molar-refractivity contribution is 9.10. The molecule has 1 N–H and O–H groups in total. The number of pyridine rings is 1. The highest BCUT2D eigenvalue weighted by Gasteiger charge is 2.05. The molecule has 0 spiro atoms. The third-order valence-corrected chi connectivity index (χ3v) is 3.73. The molecule has 2 aromatic rings. The zero-order chi connectivity index (χ0) is 13.0. The fraction of sp³-hybridized carbons (Fsp3) is 0.0769. The summed E-state index contributed by atoms with van der Waals surface area (Å²) in [7, 11) is 0. The molecule has 2 rings (SSSR count). The molecule has 0 saturated carbocycles. The van der Waals surface area contributed by atoms with Gasteiger partial charge >= 0.3 is 5.97 Å². The molecule has 0 aliphatic heterocycles. The Kier molecular flexibility index (Phi) is 4.38. The minimum Gasteiger partial charge on any atom is -0.477 e. The van der Waals surface area contributed by atoms with Crippen LogP contribution in [-0.2, 0) is 5.75 Å². The van der Waals surface area contributed by atoms with E-state index in [9.17, 15) is 4.79 Å². The Morgan fingerprint density at radius 2 is 2.06 bits per heavy atom. The summed E-state index contributed by atoms with van der Waals surface area (Å²) in [6.45, 7) is 0. The topological polar surface area (TPSA) is 50.2 Å². The van der Waals surface area contributed by atoms with Gasteiger partial charge in [-0.1, -0.05) is 28.1 Å². The number of rotatable bonds is 4. The summed E-state index contributed by atoms with van der Waals surface area (Å²) in [4.78, 5) is 16.0. The monoisotopic (exact) mass is 323 g/mol. The SMILES string of the molecule is O=C(O)c1cccc(CSc2cccc(Br)c2)n1. The van der Waals surface area contributed by atoms with Crippen LogP contribution in [-0.4, -0.2) is 16.1 Å². The lowest BCUT2D eigenvalue weighted by molar-refractivity contribution is 0.0690. The molecular formula is C13H10BrNO2S. The van der Waals surface area contributed by atoms with E-state index in [1.807, 2.05) is 30.3 Å². The normalized spacial score (nSPS) is 10.3. The average Bonchev–Trinajstić information content (AvgIpc) is 2.37. The molecule has 0 saturated heterocycles. The van der Waals surface area contributed by atoms with Crippen LogP contribution in [0.4, 0.5) is 0 Å². The Bertz CT molecular complexity index is 574. The highest BCUT2D eigenvalue weighted by atomic mass is 79.9. The first-order valence-corrected chi connectivity index (χ1v) is 7.00. The van der Waals surface area contributed by atoms with Crippen molar-refractivity contribution in [2.45, 2.75) is 10.6 Å². The Balaban J connectivity index is 2.06. The van der Waals surface area contributed by atoms with Gasteiger partial charge in [0.05, 0.1) is 5.69 Å². The molecule has 1 aromatic carbocycles. The van der Waals surface area contributed by atoms with E-state index in [0.29, 0.717) is 5.75 Å². The fourth-order valence-corrected chi connectivity index (χ4v) is 2.80. The maximum absolute atomic E-state index is 10.8. The first-order valence-electron chi connectivity index (χ1n) is 5.23. The van der Waals surface area contributed by atoms with E-state index in [1.54, 1.807) is 17.8 Å². The Morgan fingerprint density at radius 1 is 1.28 bits per heavy atom. The van der Waals surface area contributed by atoms with Gasteiger partial charge in [0.25, 0.3) is 0 Å². The van der Waals surface area contributed by atoms with Gasteiger partial charge in [0.15, 0.2) is 0 Å². The predicted molar refractivity (Wildman–Crippen MR) is 74.9 cm³/mol. The number of carbonyl (C=O) groups is 1. The van der Waals surface area contributed by atoms with Crippen molar-refractivity contribution < 1.29 is 9.90 Å². The Morgan fingerprint density at radius 3 is 2.78 bits per heavy atom. The van der Waals surface area contributed by atoms with Crippen molar-refractivity contribution in [1.82, 2.24) is 4.98 Å². The molecule has 3 nitrogen and oxygen atoms in total. The molecule has 5 heteroatoms. The van der Waals surface area contributed by atoms with Gasteiger partial charge in [-0.2, -0.15) is 0 Å². The molecule has 0 amide bonds. The number of carboxylic acid groups (broad SMARTS) is 1. The molecule has 0 fully saturated rings. The van der Waals surface area contributed by atoms with E-state index in [1.165, 1.54) is 6.07 Å². The molecule has 0 aliphatic rings. The summed E-state index contributed by atoms with van der Waals surface area (Å²) >= 11 is 5.04. The third-order valence-electron chi connectivity index (χ3n) is 2.21. The number of thioether (sulfide) groups is 1. The highest BCUT2D eigenvalue weighted by Crippen LogP contribution is 2.24. The first kappa shape index (κ1) is 13.1. The van der Waals surface area contributed by atoms with Crippen LogP contribution < -0.4 is 0 Å². The summed E-state index contributed by atoms with van der Waals surface area (Å²) in [6.07, 6.45) is 0. The van der Waals surface area contributed by atoms with Gasteiger partial charge in [0.1, 0.15) is 5.69 Å². The van der Waals surface area contributed by atoms with Gasteiger partial charge in [-0.15, -0.1) is 11.8 Å².